The SMILES string of the molecule is CC(NC(=O)C(O)(C(=O)O)C(C)C(=O)O)SCC(=O)O. The van der Waals surface area contributed by atoms with E-state index in [-0.39, 0.29) is 5.75 Å². The Morgan fingerprint density at radius 1 is 1.15 bits per heavy atom. The number of nitrogens with one attached hydrogen (secondary N) is 1. The molecule has 20 heavy (non-hydrogen) atoms. The highest BCUT2D eigenvalue weighted by molar-refractivity contribution is 8.00. The molecule has 0 aromatic carbocycles. The van der Waals surface area contributed by atoms with Crippen molar-refractivity contribution in [2.75, 3.05) is 5.75 Å². The van der Waals surface area contributed by atoms with Crippen molar-refractivity contribution in [3.8, 4) is 0 Å². The summed E-state index contributed by atoms with van der Waals surface area (Å²) >= 11 is 0.778. The van der Waals surface area contributed by atoms with Gasteiger partial charge in [-0.3, -0.25) is 14.4 Å². The highest BCUT2D eigenvalue weighted by atomic mass is 32.2. The fourth-order valence-corrected chi connectivity index (χ4v) is 1.77. The summed E-state index contributed by atoms with van der Waals surface area (Å²) in [7, 11) is 0. The van der Waals surface area contributed by atoms with Crippen molar-refractivity contribution < 1.29 is 39.6 Å². The van der Waals surface area contributed by atoms with Gasteiger partial charge >= 0.3 is 17.9 Å². The number of hydrogen-bond acceptors (Lipinski definition) is 6. The smallest absolute Gasteiger partial charge is 0.346 e. The van der Waals surface area contributed by atoms with Crippen LogP contribution in [0.2, 0.25) is 0 Å². The predicted molar refractivity (Wildman–Crippen MR) is 67.1 cm³/mol. The first kappa shape index (κ1) is 18.2. The zero-order valence-electron chi connectivity index (χ0n) is 10.7. The molecule has 9 nitrogen and oxygen atoms in total. The van der Waals surface area contributed by atoms with Crippen LogP contribution in [0.1, 0.15) is 13.8 Å². The molecule has 0 fully saturated rings. The number of carboxylic acids is 3. The van der Waals surface area contributed by atoms with Crippen molar-refractivity contribution >= 4 is 35.6 Å². The molecule has 0 saturated carbocycles. The number of carboxylic acid groups (broad SMARTS) is 3. The van der Waals surface area contributed by atoms with E-state index in [1.807, 2.05) is 0 Å². The molecule has 5 N–H and O–H groups in total. The molecule has 0 heterocycles. The van der Waals surface area contributed by atoms with Crippen LogP contribution >= 0.6 is 11.8 Å². The zero-order chi connectivity index (χ0) is 16.1. The lowest BCUT2D eigenvalue weighted by Gasteiger charge is -2.27. The average Bonchev–Trinajstić information content (AvgIpc) is 2.33. The van der Waals surface area contributed by atoms with Crippen LogP contribution in [0.5, 0.6) is 0 Å². The first-order chi connectivity index (χ1) is 9.03. The first-order valence-corrected chi connectivity index (χ1v) is 6.41. The summed E-state index contributed by atoms with van der Waals surface area (Å²) in [5.41, 5.74) is -3.14. The summed E-state index contributed by atoms with van der Waals surface area (Å²) < 4.78 is 0. The molecule has 0 radical (unpaired) electrons. The van der Waals surface area contributed by atoms with E-state index in [0.29, 0.717) is 0 Å². The number of aliphatic hydroxyl groups is 1. The van der Waals surface area contributed by atoms with Crippen LogP contribution in [-0.4, -0.2) is 61.0 Å². The second kappa shape index (κ2) is 7.10. The van der Waals surface area contributed by atoms with E-state index in [1.54, 1.807) is 0 Å². The van der Waals surface area contributed by atoms with Gasteiger partial charge in [0.2, 0.25) is 0 Å². The van der Waals surface area contributed by atoms with Gasteiger partial charge in [-0.05, 0) is 13.8 Å². The number of carbonyl (C=O) groups excluding carboxylic acids is 1. The van der Waals surface area contributed by atoms with Crippen LogP contribution in [0.25, 0.3) is 0 Å². The second-order valence-corrected chi connectivity index (χ2v) is 5.28. The number of rotatable bonds is 8. The van der Waals surface area contributed by atoms with Gasteiger partial charge in [-0.1, -0.05) is 0 Å². The summed E-state index contributed by atoms with van der Waals surface area (Å²) in [5, 5.41) is 37.1. The third kappa shape index (κ3) is 4.38. The van der Waals surface area contributed by atoms with Crippen molar-refractivity contribution in [1.82, 2.24) is 5.32 Å². The van der Waals surface area contributed by atoms with Gasteiger partial charge in [0.1, 0.15) is 5.92 Å². The quantitative estimate of drug-likeness (QED) is 0.274. The minimum Gasteiger partial charge on any atom is -0.481 e. The van der Waals surface area contributed by atoms with Gasteiger partial charge in [0.05, 0.1) is 11.1 Å². The van der Waals surface area contributed by atoms with Crippen LogP contribution in [0.4, 0.5) is 0 Å². The van der Waals surface area contributed by atoms with E-state index in [2.05, 4.69) is 5.32 Å². The monoisotopic (exact) mass is 309 g/mol. The van der Waals surface area contributed by atoms with E-state index in [0.717, 1.165) is 18.7 Å². The number of carbonyl (C=O) groups is 4. The molecular formula is C10H15NO8S. The molecule has 0 aliphatic heterocycles. The van der Waals surface area contributed by atoms with Crippen LogP contribution in [0, 0.1) is 5.92 Å². The maximum Gasteiger partial charge on any atom is 0.346 e. The third-order valence-electron chi connectivity index (χ3n) is 2.46. The fourth-order valence-electron chi connectivity index (χ4n) is 1.19. The summed E-state index contributed by atoms with van der Waals surface area (Å²) in [6.07, 6.45) is 0. The Hall–Kier alpha value is -1.81. The van der Waals surface area contributed by atoms with Crippen molar-refractivity contribution in [1.29, 1.82) is 0 Å². The molecule has 3 unspecified atom stereocenters. The topological polar surface area (TPSA) is 161 Å². The van der Waals surface area contributed by atoms with E-state index >= 15 is 0 Å². The van der Waals surface area contributed by atoms with Crippen molar-refractivity contribution in [2.24, 2.45) is 5.92 Å². The molecule has 3 atom stereocenters. The molecule has 114 valence electrons. The Morgan fingerprint density at radius 3 is 2.00 bits per heavy atom. The third-order valence-corrected chi connectivity index (χ3v) is 3.49. The lowest BCUT2D eigenvalue weighted by Crippen LogP contribution is -2.59. The summed E-state index contributed by atoms with van der Waals surface area (Å²) in [6, 6.07) is 0. The number of amides is 1. The van der Waals surface area contributed by atoms with Crippen molar-refractivity contribution in [2.45, 2.75) is 24.8 Å². The lowest BCUT2D eigenvalue weighted by atomic mass is 9.88. The first-order valence-electron chi connectivity index (χ1n) is 5.36. The van der Waals surface area contributed by atoms with Gasteiger partial charge in [-0.2, -0.15) is 0 Å². The van der Waals surface area contributed by atoms with Gasteiger partial charge < -0.3 is 25.7 Å². The van der Waals surface area contributed by atoms with E-state index in [4.69, 9.17) is 15.3 Å². The molecule has 10 heteroatoms. The van der Waals surface area contributed by atoms with Crippen LogP contribution in [0.15, 0.2) is 0 Å². The molecule has 0 aromatic rings. The normalized spacial score (nSPS) is 16.6. The molecular weight excluding hydrogens is 294 g/mol. The van der Waals surface area contributed by atoms with E-state index in [9.17, 15) is 24.3 Å². The number of hydrogen-bond donors (Lipinski definition) is 5. The van der Waals surface area contributed by atoms with Crippen molar-refractivity contribution in [3.63, 3.8) is 0 Å². The predicted octanol–water partition coefficient (Wildman–Crippen LogP) is -1.20. The van der Waals surface area contributed by atoms with Crippen LogP contribution in [-0.2, 0) is 19.2 Å². The number of thioether (sulfide) groups is 1. The number of aliphatic carboxylic acids is 3. The van der Waals surface area contributed by atoms with Gasteiger partial charge in [-0.15, -0.1) is 11.8 Å². The largest absolute Gasteiger partial charge is 0.481 e. The van der Waals surface area contributed by atoms with Crippen LogP contribution < -0.4 is 5.32 Å². The van der Waals surface area contributed by atoms with Gasteiger partial charge in [0, 0.05) is 0 Å². The highest BCUT2D eigenvalue weighted by Crippen LogP contribution is 2.20. The Balaban J connectivity index is 4.96. The summed E-state index contributed by atoms with van der Waals surface area (Å²) in [6.45, 7) is 2.25. The summed E-state index contributed by atoms with van der Waals surface area (Å²) in [5.74, 6) is -8.43. The van der Waals surface area contributed by atoms with E-state index < -0.39 is 40.7 Å². The van der Waals surface area contributed by atoms with Gasteiger partial charge in [0.15, 0.2) is 0 Å². The Bertz CT molecular complexity index is 425. The lowest BCUT2D eigenvalue weighted by molar-refractivity contribution is -0.179. The maximum absolute atomic E-state index is 11.7. The minimum absolute atomic E-state index is 0.346. The zero-order valence-corrected chi connectivity index (χ0v) is 11.5. The van der Waals surface area contributed by atoms with Gasteiger partial charge in [-0.25, -0.2) is 4.79 Å². The van der Waals surface area contributed by atoms with Gasteiger partial charge in [0.25, 0.3) is 11.5 Å². The maximum atomic E-state index is 11.7. The Morgan fingerprint density at radius 2 is 1.65 bits per heavy atom. The van der Waals surface area contributed by atoms with Crippen molar-refractivity contribution in [3.05, 3.63) is 0 Å². The van der Waals surface area contributed by atoms with E-state index in [1.165, 1.54) is 6.92 Å². The Labute approximate surface area is 118 Å². The Kier molecular flexibility index (Phi) is 6.46. The molecule has 0 rings (SSSR count). The standard InChI is InChI=1S/C10H15NO8S/c1-4(7(14)15)10(19,9(17)18)8(16)11-5(2)20-3-6(12)13/h4-5,19H,3H2,1-2H3,(H,11,16)(H,12,13)(H,14,15)(H,17,18). The molecule has 0 aliphatic carbocycles. The minimum atomic E-state index is -3.14. The van der Waals surface area contributed by atoms with Crippen LogP contribution in [0.3, 0.4) is 0 Å². The second-order valence-electron chi connectivity index (χ2n) is 3.95. The molecule has 0 saturated heterocycles. The molecule has 0 spiro atoms. The highest BCUT2D eigenvalue weighted by Gasteiger charge is 2.52. The molecule has 1 amide bonds. The molecule has 0 aliphatic rings. The average molecular weight is 309 g/mol. The fraction of sp³-hybridized carbons (Fsp3) is 0.600. The molecule has 0 aromatic heterocycles. The molecule has 0 bridgehead atoms. The summed E-state index contributed by atoms with van der Waals surface area (Å²) in [4.78, 5) is 43.8.